The zero-order chi connectivity index (χ0) is 15.5. The first-order valence-corrected chi connectivity index (χ1v) is 7.03. The fourth-order valence-electron chi connectivity index (χ4n) is 2.46. The minimum absolute atomic E-state index is 0.371. The van der Waals surface area contributed by atoms with Gasteiger partial charge in [0.15, 0.2) is 0 Å². The SMILES string of the molecule is Cn1c(CNC(Cc2ccoc2)C(=O)O)nc2ccccc21. The summed E-state index contributed by atoms with van der Waals surface area (Å²) < 4.78 is 6.95. The summed E-state index contributed by atoms with van der Waals surface area (Å²) >= 11 is 0. The Labute approximate surface area is 127 Å². The van der Waals surface area contributed by atoms with Crippen molar-refractivity contribution in [3.05, 3.63) is 54.2 Å². The summed E-state index contributed by atoms with van der Waals surface area (Å²) in [6.45, 7) is 0.389. The standard InChI is InChI=1S/C16H17N3O3/c1-19-14-5-3-2-4-12(14)18-15(19)9-17-13(16(20)21)8-11-6-7-22-10-11/h2-7,10,13,17H,8-9H2,1H3,(H,20,21). The number of carboxylic acids is 1. The molecule has 1 atom stereocenters. The van der Waals surface area contributed by atoms with Gasteiger partial charge in [-0.05, 0) is 23.8 Å². The summed E-state index contributed by atoms with van der Waals surface area (Å²) in [6.07, 6.45) is 3.47. The minimum atomic E-state index is -0.889. The van der Waals surface area contributed by atoms with Gasteiger partial charge < -0.3 is 14.1 Å². The van der Waals surface area contributed by atoms with Gasteiger partial charge in [-0.2, -0.15) is 0 Å². The first kappa shape index (κ1) is 14.3. The quantitative estimate of drug-likeness (QED) is 0.727. The van der Waals surface area contributed by atoms with Crippen LogP contribution in [0.1, 0.15) is 11.4 Å². The number of carbonyl (C=O) groups is 1. The van der Waals surface area contributed by atoms with E-state index in [-0.39, 0.29) is 0 Å². The smallest absolute Gasteiger partial charge is 0.321 e. The van der Waals surface area contributed by atoms with Crippen LogP contribution in [-0.4, -0.2) is 26.7 Å². The van der Waals surface area contributed by atoms with Crippen molar-refractivity contribution in [3.63, 3.8) is 0 Å². The molecule has 0 fully saturated rings. The number of rotatable bonds is 6. The summed E-state index contributed by atoms with van der Waals surface area (Å²) in [4.78, 5) is 15.9. The van der Waals surface area contributed by atoms with Gasteiger partial charge in [-0.3, -0.25) is 10.1 Å². The number of aliphatic carboxylic acids is 1. The van der Waals surface area contributed by atoms with E-state index in [2.05, 4.69) is 10.3 Å². The second-order valence-corrected chi connectivity index (χ2v) is 5.18. The van der Waals surface area contributed by atoms with Crippen LogP contribution in [0.3, 0.4) is 0 Å². The van der Waals surface area contributed by atoms with Crippen molar-refractivity contribution >= 4 is 17.0 Å². The highest BCUT2D eigenvalue weighted by molar-refractivity contribution is 5.76. The Kier molecular flexibility index (Phi) is 3.93. The fraction of sp³-hybridized carbons (Fsp3) is 0.250. The van der Waals surface area contributed by atoms with Crippen LogP contribution >= 0.6 is 0 Å². The van der Waals surface area contributed by atoms with Gasteiger partial charge in [-0.25, -0.2) is 4.98 Å². The van der Waals surface area contributed by atoms with E-state index >= 15 is 0 Å². The van der Waals surface area contributed by atoms with Crippen molar-refractivity contribution in [1.29, 1.82) is 0 Å². The molecule has 0 saturated carbocycles. The molecule has 2 aromatic heterocycles. The van der Waals surface area contributed by atoms with Crippen LogP contribution in [0.25, 0.3) is 11.0 Å². The predicted octanol–water partition coefficient (Wildman–Crippen LogP) is 1.95. The highest BCUT2D eigenvalue weighted by atomic mass is 16.4. The summed E-state index contributed by atoms with van der Waals surface area (Å²) in [7, 11) is 1.93. The van der Waals surface area contributed by atoms with Gasteiger partial charge in [-0.1, -0.05) is 12.1 Å². The number of carboxylic acid groups (broad SMARTS) is 1. The number of hydrogen-bond acceptors (Lipinski definition) is 4. The molecule has 3 aromatic rings. The Hall–Kier alpha value is -2.60. The highest BCUT2D eigenvalue weighted by Crippen LogP contribution is 2.14. The van der Waals surface area contributed by atoms with Crippen molar-refractivity contribution < 1.29 is 14.3 Å². The molecule has 114 valence electrons. The maximum absolute atomic E-state index is 11.4. The first-order chi connectivity index (χ1) is 10.6. The van der Waals surface area contributed by atoms with Crippen LogP contribution in [0.2, 0.25) is 0 Å². The van der Waals surface area contributed by atoms with Crippen LogP contribution in [0.5, 0.6) is 0 Å². The summed E-state index contributed by atoms with van der Waals surface area (Å²) in [5.41, 5.74) is 2.79. The number of nitrogens with zero attached hydrogens (tertiary/aromatic N) is 2. The third-order valence-corrected chi connectivity index (χ3v) is 3.70. The highest BCUT2D eigenvalue weighted by Gasteiger charge is 2.19. The molecule has 22 heavy (non-hydrogen) atoms. The molecule has 0 aliphatic rings. The van der Waals surface area contributed by atoms with Crippen molar-refractivity contribution in [2.24, 2.45) is 7.05 Å². The van der Waals surface area contributed by atoms with Crippen LogP contribution in [0, 0.1) is 0 Å². The molecule has 2 N–H and O–H groups in total. The molecule has 0 radical (unpaired) electrons. The Bertz CT molecular complexity index is 777. The number of furan rings is 1. The minimum Gasteiger partial charge on any atom is -0.480 e. The molecule has 6 nitrogen and oxygen atoms in total. The molecule has 3 rings (SSSR count). The lowest BCUT2D eigenvalue weighted by Crippen LogP contribution is -2.38. The van der Waals surface area contributed by atoms with E-state index in [1.165, 1.54) is 0 Å². The Morgan fingerprint density at radius 1 is 1.41 bits per heavy atom. The number of nitrogens with one attached hydrogen (secondary N) is 1. The van der Waals surface area contributed by atoms with Gasteiger partial charge in [0.1, 0.15) is 11.9 Å². The van der Waals surface area contributed by atoms with Gasteiger partial charge in [0, 0.05) is 13.5 Å². The molecule has 1 unspecified atom stereocenters. The average molecular weight is 299 g/mol. The van der Waals surface area contributed by atoms with E-state index in [9.17, 15) is 9.90 Å². The van der Waals surface area contributed by atoms with Gasteiger partial charge >= 0.3 is 5.97 Å². The summed E-state index contributed by atoms with van der Waals surface area (Å²) in [5.74, 6) is -0.0837. The zero-order valence-corrected chi connectivity index (χ0v) is 12.2. The third kappa shape index (κ3) is 2.87. The molecule has 0 aliphatic heterocycles. The number of fused-ring (bicyclic) bond motifs is 1. The van der Waals surface area contributed by atoms with E-state index in [4.69, 9.17) is 4.42 Å². The molecule has 0 aliphatic carbocycles. The van der Waals surface area contributed by atoms with Gasteiger partial charge in [0.05, 0.1) is 30.1 Å². The zero-order valence-electron chi connectivity index (χ0n) is 12.2. The van der Waals surface area contributed by atoms with Crippen LogP contribution in [0.15, 0.2) is 47.3 Å². The Morgan fingerprint density at radius 3 is 2.91 bits per heavy atom. The maximum atomic E-state index is 11.4. The van der Waals surface area contributed by atoms with Gasteiger partial charge in [0.25, 0.3) is 0 Å². The van der Waals surface area contributed by atoms with Crippen molar-refractivity contribution in [2.45, 2.75) is 19.0 Å². The van der Waals surface area contributed by atoms with Crippen LogP contribution in [-0.2, 0) is 24.8 Å². The monoisotopic (exact) mass is 299 g/mol. The van der Waals surface area contributed by atoms with E-state index < -0.39 is 12.0 Å². The number of aryl methyl sites for hydroxylation is 1. The molecule has 2 heterocycles. The Morgan fingerprint density at radius 2 is 2.23 bits per heavy atom. The number of hydrogen-bond donors (Lipinski definition) is 2. The lowest BCUT2D eigenvalue weighted by molar-refractivity contribution is -0.139. The van der Waals surface area contributed by atoms with Gasteiger partial charge in [-0.15, -0.1) is 0 Å². The lowest BCUT2D eigenvalue weighted by Gasteiger charge is -2.13. The first-order valence-electron chi connectivity index (χ1n) is 7.03. The van der Waals surface area contributed by atoms with Gasteiger partial charge in [0.2, 0.25) is 0 Å². The largest absolute Gasteiger partial charge is 0.480 e. The topological polar surface area (TPSA) is 80.3 Å². The van der Waals surface area contributed by atoms with Crippen LogP contribution < -0.4 is 5.32 Å². The van der Waals surface area contributed by atoms with E-state index in [0.29, 0.717) is 13.0 Å². The molecule has 6 heteroatoms. The molecular weight excluding hydrogens is 282 g/mol. The number of para-hydroxylation sites is 2. The maximum Gasteiger partial charge on any atom is 0.321 e. The van der Waals surface area contributed by atoms with Crippen LogP contribution in [0.4, 0.5) is 0 Å². The van der Waals surface area contributed by atoms with Crippen molar-refractivity contribution in [1.82, 2.24) is 14.9 Å². The predicted molar refractivity (Wildman–Crippen MR) is 81.4 cm³/mol. The van der Waals surface area contributed by atoms with E-state index in [0.717, 1.165) is 22.4 Å². The summed E-state index contributed by atoms with van der Waals surface area (Å²) in [5, 5.41) is 12.4. The van der Waals surface area contributed by atoms with Crippen molar-refractivity contribution in [2.75, 3.05) is 0 Å². The third-order valence-electron chi connectivity index (χ3n) is 3.70. The molecular formula is C16H17N3O3. The van der Waals surface area contributed by atoms with E-state index in [1.807, 2.05) is 35.9 Å². The summed E-state index contributed by atoms with van der Waals surface area (Å²) in [6, 6.07) is 8.92. The second-order valence-electron chi connectivity index (χ2n) is 5.18. The number of aromatic nitrogens is 2. The number of imidazole rings is 1. The Balaban J connectivity index is 1.73. The normalized spacial score (nSPS) is 12.6. The average Bonchev–Trinajstić information content (AvgIpc) is 3.12. The number of benzene rings is 1. The molecule has 0 spiro atoms. The molecule has 0 saturated heterocycles. The van der Waals surface area contributed by atoms with E-state index in [1.54, 1.807) is 18.6 Å². The molecule has 1 aromatic carbocycles. The van der Waals surface area contributed by atoms with Crippen molar-refractivity contribution in [3.8, 4) is 0 Å². The second kappa shape index (κ2) is 6.03. The molecule has 0 bridgehead atoms. The lowest BCUT2D eigenvalue weighted by atomic mass is 10.1. The fourth-order valence-corrected chi connectivity index (χ4v) is 2.46. The molecule has 0 amide bonds.